The third kappa shape index (κ3) is 9.33. The maximum absolute atomic E-state index is 10.9. The average molecular weight is 658 g/mol. The van der Waals surface area contributed by atoms with Gasteiger partial charge < -0.3 is 33.6 Å². The Morgan fingerprint density at radius 1 is 1.18 bits per heavy atom. The largest absolute Gasteiger partial charge is 0.445 e. The average Bonchev–Trinajstić information content (AvgIpc) is 3.40. The number of carbonyl (C=O) groups excluding carboxylic acids is 1. The van der Waals surface area contributed by atoms with Crippen molar-refractivity contribution in [2.75, 3.05) is 6.61 Å². The Labute approximate surface area is 246 Å². The fraction of sp³-hybridized carbons (Fsp3) is 0.667. The van der Waals surface area contributed by atoms with E-state index >= 15 is 0 Å². The number of nitrogens with zero attached hydrogens (tertiary/aromatic N) is 1. The van der Waals surface area contributed by atoms with Crippen LogP contribution in [0.3, 0.4) is 0 Å². The van der Waals surface area contributed by atoms with Crippen LogP contribution >= 0.6 is 22.6 Å². The van der Waals surface area contributed by atoms with E-state index in [0.717, 1.165) is 43.1 Å². The summed E-state index contributed by atoms with van der Waals surface area (Å²) in [5, 5.41) is 21.3. The molecule has 2 N–H and O–H groups in total. The molecule has 8 nitrogen and oxygen atoms in total. The molecule has 0 radical (unpaired) electrons. The lowest BCUT2D eigenvalue weighted by molar-refractivity contribution is -0.227. The van der Waals surface area contributed by atoms with E-state index in [1.54, 1.807) is 6.26 Å². The summed E-state index contributed by atoms with van der Waals surface area (Å²) >= 11 is 2.11. The summed E-state index contributed by atoms with van der Waals surface area (Å²) in [7, 11) is 0. The molecule has 1 aromatic rings. The van der Waals surface area contributed by atoms with Crippen LogP contribution in [-0.2, 0) is 19.0 Å². The molecule has 0 aliphatic carbocycles. The van der Waals surface area contributed by atoms with Gasteiger partial charge in [-0.3, -0.25) is 0 Å². The summed E-state index contributed by atoms with van der Waals surface area (Å²) in [5.41, 5.74) is 2.56. The Hall–Kier alpha value is -1.37. The highest BCUT2D eigenvalue weighted by Gasteiger charge is 2.32. The third-order valence-corrected chi connectivity index (χ3v) is 8.97. The molecule has 0 amide bonds. The number of aromatic nitrogens is 1. The number of ether oxygens (including phenoxy) is 3. The smallest absolute Gasteiger partial charge is 0.218 e. The van der Waals surface area contributed by atoms with Gasteiger partial charge in [0.1, 0.15) is 18.2 Å². The van der Waals surface area contributed by atoms with Gasteiger partial charge in [-0.25, -0.2) is 4.98 Å². The van der Waals surface area contributed by atoms with Crippen molar-refractivity contribution in [1.82, 2.24) is 4.98 Å². The van der Waals surface area contributed by atoms with Gasteiger partial charge in [0.15, 0.2) is 0 Å². The molecule has 3 rings (SSSR count). The Morgan fingerprint density at radius 2 is 1.92 bits per heavy atom. The van der Waals surface area contributed by atoms with Crippen LogP contribution in [0.15, 0.2) is 38.6 Å². The van der Waals surface area contributed by atoms with Gasteiger partial charge in [-0.05, 0) is 60.2 Å². The van der Waals surface area contributed by atoms with Crippen molar-refractivity contribution < 1.29 is 33.6 Å². The first kappa shape index (κ1) is 32.1. The molecule has 9 atom stereocenters. The van der Waals surface area contributed by atoms with E-state index in [-0.39, 0.29) is 36.1 Å². The van der Waals surface area contributed by atoms with Crippen molar-refractivity contribution in [3.63, 3.8) is 0 Å². The van der Waals surface area contributed by atoms with Gasteiger partial charge in [0, 0.05) is 18.8 Å². The highest BCUT2D eigenvalue weighted by molar-refractivity contribution is 14.1. The molecular weight excluding hydrogens is 613 g/mol. The predicted octanol–water partition coefficient (Wildman–Crippen LogP) is 5.93. The number of aldehydes is 1. The topological polar surface area (TPSA) is 111 Å². The van der Waals surface area contributed by atoms with Crippen molar-refractivity contribution in [2.24, 2.45) is 17.8 Å². The number of allylic oxidation sites excluding steroid dienone is 1. The maximum Gasteiger partial charge on any atom is 0.218 e. The van der Waals surface area contributed by atoms with Gasteiger partial charge in [-0.2, -0.15) is 0 Å². The van der Waals surface area contributed by atoms with E-state index in [1.807, 2.05) is 37.0 Å². The summed E-state index contributed by atoms with van der Waals surface area (Å²) < 4.78 is 25.6. The molecule has 0 unspecified atom stereocenters. The molecule has 0 bridgehead atoms. The zero-order valence-corrected chi connectivity index (χ0v) is 25.7. The number of rotatable bonds is 13. The van der Waals surface area contributed by atoms with E-state index in [0.29, 0.717) is 31.0 Å². The third-order valence-electron chi connectivity index (χ3n) is 7.99. The van der Waals surface area contributed by atoms with E-state index < -0.39 is 18.5 Å². The Balaban J connectivity index is 1.50. The zero-order valence-electron chi connectivity index (χ0n) is 23.5. The number of carbonyl (C=O) groups is 1. The summed E-state index contributed by atoms with van der Waals surface area (Å²) in [6.07, 6.45) is 8.36. The SMILES string of the molecule is C=C1C[C@H](C[C@@H]2CCO[C@H](c3coc(/C=C/C[C@@H](C)[C@H](C)[C@H](O)[C@@H](C)[C@@H](O)/C(C)=C/I)n3)O2)O[C@@H](CC=O)C1. The number of aliphatic hydroxyl groups is 2. The molecular formula is C30H44INO7. The van der Waals surface area contributed by atoms with Crippen LogP contribution in [0, 0.1) is 17.8 Å². The van der Waals surface area contributed by atoms with E-state index in [1.165, 1.54) is 0 Å². The van der Waals surface area contributed by atoms with Crippen molar-refractivity contribution in [1.29, 1.82) is 0 Å². The second-order valence-electron chi connectivity index (χ2n) is 11.2. The lowest BCUT2D eigenvalue weighted by Crippen LogP contribution is -2.37. The molecule has 218 valence electrons. The second-order valence-corrected chi connectivity index (χ2v) is 11.8. The molecule has 3 heterocycles. The number of aliphatic hydroxyl groups excluding tert-OH is 2. The van der Waals surface area contributed by atoms with Crippen molar-refractivity contribution in [3.8, 4) is 0 Å². The fourth-order valence-electron chi connectivity index (χ4n) is 5.26. The quantitative estimate of drug-likeness (QED) is 0.153. The summed E-state index contributed by atoms with van der Waals surface area (Å²) in [6, 6.07) is 0. The van der Waals surface area contributed by atoms with Crippen molar-refractivity contribution in [2.45, 2.75) is 103 Å². The molecule has 9 heteroatoms. The number of hydrogen-bond donors (Lipinski definition) is 2. The number of halogens is 1. The summed E-state index contributed by atoms with van der Waals surface area (Å²) in [6.45, 7) is 12.5. The lowest BCUT2D eigenvalue weighted by Gasteiger charge is -2.35. The Morgan fingerprint density at radius 3 is 2.64 bits per heavy atom. The van der Waals surface area contributed by atoms with Crippen LogP contribution in [0.1, 0.15) is 84.1 Å². The summed E-state index contributed by atoms with van der Waals surface area (Å²) in [4.78, 5) is 15.5. The van der Waals surface area contributed by atoms with Gasteiger partial charge in [-0.15, -0.1) is 0 Å². The van der Waals surface area contributed by atoms with Gasteiger partial charge in [0.2, 0.25) is 12.2 Å². The van der Waals surface area contributed by atoms with Crippen molar-refractivity contribution >= 4 is 35.0 Å². The monoisotopic (exact) mass is 657 g/mol. The van der Waals surface area contributed by atoms with Crippen molar-refractivity contribution in [3.05, 3.63) is 45.7 Å². The second kappa shape index (κ2) is 15.6. The predicted molar refractivity (Wildman–Crippen MR) is 158 cm³/mol. The normalized spacial score (nSPS) is 28.7. The molecule has 1 aromatic heterocycles. The molecule has 0 spiro atoms. The first-order chi connectivity index (χ1) is 18.6. The van der Waals surface area contributed by atoms with Crippen LogP contribution < -0.4 is 0 Å². The minimum Gasteiger partial charge on any atom is -0.445 e. The molecule has 2 aliphatic heterocycles. The van der Waals surface area contributed by atoms with E-state index in [9.17, 15) is 15.0 Å². The van der Waals surface area contributed by atoms with Gasteiger partial charge in [-0.1, -0.05) is 61.6 Å². The summed E-state index contributed by atoms with van der Waals surface area (Å²) in [5.74, 6) is 0.405. The standard InChI is InChI=1S/C30H44INO7/c1-18-13-23(9-11-33)38-25(14-18)15-24-10-12-36-30(39-24)26-17-37-27(32-26)8-6-7-19(2)21(4)29(35)22(5)28(34)20(3)16-31/h6,8,11,16-17,19,21-25,28-30,34-35H,1,7,9-10,12-15H2,2-5H3/b8-6+,20-16+/t19-,21+,22+,23+,24+,25-,28+,29+,30+/m1/s1. The molecule has 2 saturated heterocycles. The number of hydrogen-bond acceptors (Lipinski definition) is 8. The van der Waals surface area contributed by atoms with Gasteiger partial charge >= 0.3 is 0 Å². The fourth-order valence-corrected chi connectivity index (χ4v) is 5.62. The highest BCUT2D eigenvalue weighted by Crippen LogP contribution is 2.33. The first-order valence-electron chi connectivity index (χ1n) is 13.9. The van der Waals surface area contributed by atoms with Crippen LogP contribution in [-0.4, -0.2) is 58.6 Å². The minimum atomic E-state index is -0.661. The molecule has 0 saturated carbocycles. The molecule has 39 heavy (non-hydrogen) atoms. The highest BCUT2D eigenvalue weighted by atomic mass is 127. The Bertz CT molecular complexity index is 992. The van der Waals surface area contributed by atoms with Gasteiger partial charge in [0.25, 0.3) is 0 Å². The molecule has 0 aromatic carbocycles. The Kier molecular flexibility index (Phi) is 12.8. The maximum atomic E-state index is 10.9. The van der Waals surface area contributed by atoms with Crippen LogP contribution in [0.5, 0.6) is 0 Å². The van der Waals surface area contributed by atoms with Gasteiger partial charge in [0.05, 0.1) is 37.1 Å². The first-order valence-corrected chi connectivity index (χ1v) is 15.1. The van der Waals surface area contributed by atoms with Crippen LogP contribution in [0.25, 0.3) is 6.08 Å². The number of oxazole rings is 1. The minimum absolute atomic E-state index is 0.00133. The van der Waals surface area contributed by atoms with Crippen LogP contribution in [0.2, 0.25) is 0 Å². The van der Waals surface area contributed by atoms with E-state index in [2.05, 4.69) is 41.1 Å². The lowest BCUT2D eigenvalue weighted by atomic mass is 9.80. The van der Waals surface area contributed by atoms with Crippen LogP contribution in [0.4, 0.5) is 0 Å². The van der Waals surface area contributed by atoms with E-state index in [4.69, 9.17) is 18.6 Å². The zero-order chi connectivity index (χ0) is 28.5. The molecule has 2 aliphatic rings. The molecule has 2 fully saturated rings.